The van der Waals surface area contributed by atoms with Crippen molar-refractivity contribution in [1.29, 1.82) is 0 Å². The number of amides is 1. The van der Waals surface area contributed by atoms with Gasteiger partial charge in [-0.15, -0.1) is 0 Å². The normalized spacial score (nSPS) is 17.0. The van der Waals surface area contributed by atoms with Crippen LogP contribution >= 0.6 is 0 Å². The minimum atomic E-state index is 0.0896. The maximum atomic E-state index is 11.9. The Kier molecular flexibility index (Phi) is 6.21. The van der Waals surface area contributed by atoms with Gasteiger partial charge in [0.2, 0.25) is 5.91 Å². The first-order valence-corrected chi connectivity index (χ1v) is 7.92. The lowest BCUT2D eigenvalue weighted by Crippen LogP contribution is -2.45. The molecule has 1 atom stereocenters. The van der Waals surface area contributed by atoms with Crippen LogP contribution in [0.15, 0.2) is 24.3 Å². The lowest BCUT2D eigenvalue weighted by molar-refractivity contribution is -0.143. The second-order valence-electron chi connectivity index (χ2n) is 5.49. The van der Waals surface area contributed by atoms with E-state index in [0.29, 0.717) is 19.7 Å². The van der Waals surface area contributed by atoms with Crippen LogP contribution in [0, 0.1) is 0 Å². The van der Waals surface area contributed by atoms with Crippen LogP contribution in [0.1, 0.15) is 37.4 Å². The molecule has 1 aliphatic rings. The van der Waals surface area contributed by atoms with Gasteiger partial charge in [0.1, 0.15) is 6.61 Å². The SMILES string of the molecule is CCCc1ccc(C(CN2CCOCC2=O)NCC)cc1. The van der Waals surface area contributed by atoms with Gasteiger partial charge >= 0.3 is 0 Å². The van der Waals surface area contributed by atoms with Crippen molar-refractivity contribution in [1.82, 2.24) is 10.2 Å². The fourth-order valence-electron chi connectivity index (χ4n) is 2.70. The number of ether oxygens (including phenoxy) is 1. The Morgan fingerprint density at radius 1 is 1.29 bits per heavy atom. The smallest absolute Gasteiger partial charge is 0.248 e. The molecule has 0 bridgehead atoms. The lowest BCUT2D eigenvalue weighted by Gasteiger charge is -2.31. The second-order valence-corrected chi connectivity index (χ2v) is 5.49. The Morgan fingerprint density at radius 3 is 2.67 bits per heavy atom. The Morgan fingerprint density at radius 2 is 2.05 bits per heavy atom. The summed E-state index contributed by atoms with van der Waals surface area (Å²) in [5.41, 5.74) is 2.62. The van der Waals surface area contributed by atoms with Crippen molar-refractivity contribution in [2.24, 2.45) is 0 Å². The van der Waals surface area contributed by atoms with Gasteiger partial charge in [0.15, 0.2) is 0 Å². The summed E-state index contributed by atoms with van der Waals surface area (Å²) in [6.07, 6.45) is 2.28. The summed E-state index contributed by atoms with van der Waals surface area (Å²) >= 11 is 0. The molecule has 1 aromatic rings. The number of hydrogen-bond donors (Lipinski definition) is 1. The van der Waals surface area contributed by atoms with Gasteiger partial charge in [0, 0.05) is 19.1 Å². The topological polar surface area (TPSA) is 41.6 Å². The summed E-state index contributed by atoms with van der Waals surface area (Å²) in [7, 11) is 0. The molecular weight excluding hydrogens is 264 g/mol. The molecule has 0 radical (unpaired) electrons. The molecule has 116 valence electrons. The molecule has 1 unspecified atom stereocenters. The third-order valence-corrected chi connectivity index (χ3v) is 3.86. The molecule has 0 spiro atoms. The van der Waals surface area contributed by atoms with Gasteiger partial charge in [0.05, 0.1) is 6.61 Å². The predicted molar refractivity (Wildman–Crippen MR) is 84.3 cm³/mol. The van der Waals surface area contributed by atoms with Crippen molar-refractivity contribution in [2.75, 3.05) is 32.8 Å². The molecule has 1 aliphatic heterocycles. The van der Waals surface area contributed by atoms with Gasteiger partial charge in [-0.3, -0.25) is 4.79 Å². The van der Waals surface area contributed by atoms with Crippen molar-refractivity contribution < 1.29 is 9.53 Å². The lowest BCUT2D eigenvalue weighted by atomic mass is 10.0. The summed E-state index contributed by atoms with van der Waals surface area (Å²) in [5.74, 6) is 0.0896. The van der Waals surface area contributed by atoms with Crippen LogP contribution in [0.3, 0.4) is 0 Å². The van der Waals surface area contributed by atoms with E-state index in [9.17, 15) is 4.79 Å². The van der Waals surface area contributed by atoms with Gasteiger partial charge in [0.25, 0.3) is 0 Å². The van der Waals surface area contributed by atoms with Gasteiger partial charge < -0.3 is 15.0 Å². The highest BCUT2D eigenvalue weighted by Gasteiger charge is 2.22. The number of carbonyl (C=O) groups excluding carboxylic acids is 1. The van der Waals surface area contributed by atoms with E-state index in [1.807, 2.05) is 4.90 Å². The molecule has 1 fully saturated rings. The average molecular weight is 290 g/mol. The van der Waals surface area contributed by atoms with Gasteiger partial charge in [-0.25, -0.2) is 0 Å². The number of carbonyl (C=O) groups is 1. The molecule has 2 rings (SSSR count). The maximum absolute atomic E-state index is 11.9. The van der Waals surface area contributed by atoms with Crippen molar-refractivity contribution in [3.05, 3.63) is 35.4 Å². The van der Waals surface area contributed by atoms with Gasteiger partial charge in [-0.1, -0.05) is 44.5 Å². The average Bonchev–Trinajstić information content (AvgIpc) is 2.50. The molecule has 4 heteroatoms. The minimum absolute atomic E-state index is 0.0896. The van der Waals surface area contributed by atoms with Crippen molar-refractivity contribution in [2.45, 2.75) is 32.7 Å². The van der Waals surface area contributed by atoms with E-state index in [0.717, 1.165) is 19.4 Å². The third kappa shape index (κ3) is 4.55. The monoisotopic (exact) mass is 290 g/mol. The van der Waals surface area contributed by atoms with E-state index in [1.165, 1.54) is 11.1 Å². The number of likely N-dealkylation sites (N-methyl/N-ethyl adjacent to an activating group) is 1. The number of nitrogens with one attached hydrogen (secondary N) is 1. The second kappa shape index (κ2) is 8.15. The molecular formula is C17H26N2O2. The molecule has 1 amide bonds. The minimum Gasteiger partial charge on any atom is -0.370 e. The Bertz CT molecular complexity index is 445. The first kappa shape index (κ1) is 16.0. The van der Waals surface area contributed by atoms with Crippen LogP contribution in [-0.2, 0) is 16.0 Å². The Labute approximate surface area is 127 Å². The fraction of sp³-hybridized carbons (Fsp3) is 0.588. The summed E-state index contributed by atoms with van der Waals surface area (Å²) in [6, 6.07) is 8.95. The number of hydrogen-bond acceptors (Lipinski definition) is 3. The van der Waals surface area contributed by atoms with Crippen LogP contribution in [0.25, 0.3) is 0 Å². The largest absolute Gasteiger partial charge is 0.370 e. The van der Waals surface area contributed by atoms with E-state index in [4.69, 9.17) is 4.74 Å². The highest BCUT2D eigenvalue weighted by atomic mass is 16.5. The molecule has 0 aliphatic carbocycles. The standard InChI is InChI=1S/C17H26N2O2/c1-3-5-14-6-8-15(9-7-14)16(18-4-2)12-19-10-11-21-13-17(19)20/h6-9,16,18H,3-5,10-13H2,1-2H3. The molecule has 4 nitrogen and oxygen atoms in total. The summed E-state index contributed by atoms with van der Waals surface area (Å²) in [6.45, 7) is 7.44. The zero-order chi connectivity index (χ0) is 15.1. The number of nitrogens with zero attached hydrogens (tertiary/aromatic N) is 1. The number of rotatable bonds is 7. The molecule has 0 saturated carbocycles. The van der Waals surface area contributed by atoms with Crippen molar-refractivity contribution in [3.63, 3.8) is 0 Å². The van der Waals surface area contributed by atoms with E-state index < -0.39 is 0 Å². The van der Waals surface area contributed by atoms with E-state index in [-0.39, 0.29) is 18.6 Å². The van der Waals surface area contributed by atoms with Crippen LogP contribution in [0.4, 0.5) is 0 Å². The molecule has 1 heterocycles. The number of morpholine rings is 1. The molecule has 1 N–H and O–H groups in total. The van der Waals surface area contributed by atoms with Gasteiger partial charge in [-0.2, -0.15) is 0 Å². The number of benzene rings is 1. The zero-order valence-electron chi connectivity index (χ0n) is 13.1. The zero-order valence-corrected chi connectivity index (χ0v) is 13.1. The highest BCUT2D eigenvalue weighted by Crippen LogP contribution is 2.17. The maximum Gasteiger partial charge on any atom is 0.248 e. The summed E-state index contributed by atoms with van der Waals surface area (Å²) in [4.78, 5) is 13.8. The molecule has 21 heavy (non-hydrogen) atoms. The molecule has 0 aromatic heterocycles. The number of aryl methyl sites for hydroxylation is 1. The van der Waals surface area contributed by atoms with Crippen LogP contribution < -0.4 is 5.32 Å². The van der Waals surface area contributed by atoms with Crippen molar-refractivity contribution in [3.8, 4) is 0 Å². The van der Waals surface area contributed by atoms with E-state index in [1.54, 1.807) is 0 Å². The predicted octanol–water partition coefficient (Wildman–Crippen LogP) is 2.15. The highest BCUT2D eigenvalue weighted by molar-refractivity contribution is 5.78. The van der Waals surface area contributed by atoms with E-state index in [2.05, 4.69) is 43.4 Å². The first-order valence-electron chi connectivity index (χ1n) is 7.92. The molecule has 1 aromatic carbocycles. The molecule has 1 saturated heterocycles. The van der Waals surface area contributed by atoms with Crippen LogP contribution in [-0.4, -0.2) is 43.7 Å². The summed E-state index contributed by atoms with van der Waals surface area (Å²) < 4.78 is 5.19. The Hall–Kier alpha value is -1.39. The van der Waals surface area contributed by atoms with Crippen molar-refractivity contribution >= 4 is 5.91 Å². The van der Waals surface area contributed by atoms with E-state index >= 15 is 0 Å². The van der Waals surface area contributed by atoms with Crippen LogP contribution in [0.2, 0.25) is 0 Å². The first-order chi connectivity index (χ1) is 10.2. The van der Waals surface area contributed by atoms with Gasteiger partial charge in [-0.05, 0) is 24.1 Å². The fourth-order valence-corrected chi connectivity index (χ4v) is 2.70. The Balaban J connectivity index is 2.04. The summed E-state index contributed by atoms with van der Waals surface area (Å²) in [5, 5.41) is 3.48. The third-order valence-electron chi connectivity index (χ3n) is 3.86. The van der Waals surface area contributed by atoms with Crippen LogP contribution in [0.5, 0.6) is 0 Å². The quantitative estimate of drug-likeness (QED) is 0.836.